The molecule has 14 heteroatoms. The first-order valence-electron chi connectivity index (χ1n) is 19.1. The first kappa shape index (κ1) is 44.5. The van der Waals surface area contributed by atoms with E-state index < -0.39 is 35.5 Å². The van der Waals surface area contributed by atoms with E-state index >= 15 is 0 Å². The summed E-state index contributed by atoms with van der Waals surface area (Å²) in [6, 6.07) is 6.45. The van der Waals surface area contributed by atoms with Crippen molar-refractivity contribution in [2.45, 2.75) is 116 Å². The number of amides is 2. The van der Waals surface area contributed by atoms with Crippen LogP contribution in [0.1, 0.15) is 107 Å². The SMILES string of the molecule is CCC(C)C(C=O)(CN(C)C(CC(OC(C)=O)c1nc(C(=O)NC(Cc2ccc(N)cc2)CC(C)C(=O)OC)cs1)C(C)C)NC(=O)C1CCCCN1C. The molecule has 0 aliphatic carbocycles. The Kier molecular flexibility index (Phi) is 17.1. The number of rotatable bonds is 20. The average Bonchev–Trinajstić information content (AvgIpc) is 3.63. The van der Waals surface area contributed by atoms with Crippen LogP contribution >= 0.6 is 11.3 Å². The van der Waals surface area contributed by atoms with Crippen LogP contribution in [0.15, 0.2) is 29.6 Å². The lowest BCUT2D eigenvalue weighted by Gasteiger charge is -2.43. The maximum Gasteiger partial charge on any atom is 0.308 e. The van der Waals surface area contributed by atoms with E-state index in [1.807, 2.05) is 40.1 Å². The second kappa shape index (κ2) is 20.7. The number of hydrogen-bond donors (Lipinski definition) is 3. The minimum atomic E-state index is -1.14. The molecule has 1 fully saturated rings. The number of anilines is 1. The van der Waals surface area contributed by atoms with Gasteiger partial charge in [0, 0.05) is 43.0 Å². The van der Waals surface area contributed by atoms with Crippen molar-refractivity contribution in [1.82, 2.24) is 25.4 Å². The normalized spacial score (nSPS) is 18.8. The minimum Gasteiger partial charge on any atom is -0.469 e. The number of nitrogens with one attached hydrogen (secondary N) is 2. The van der Waals surface area contributed by atoms with E-state index in [2.05, 4.69) is 39.3 Å². The number of nitrogens with zero attached hydrogens (tertiary/aromatic N) is 3. The van der Waals surface area contributed by atoms with Gasteiger partial charge in [-0.3, -0.25) is 24.1 Å². The van der Waals surface area contributed by atoms with Gasteiger partial charge in [-0.05, 0) is 75.9 Å². The number of aldehydes is 1. The number of thiazole rings is 1. The van der Waals surface area contributed by atoms with Crippen LogP contribution in [0, 0.1) is 17.8 Å². The quantitative estimate of drug-likeness (QED) is 0.0960. The van der Waals surface area contributed by atoms with E-state index in [1.54, 1.807) is 24.4 Å². The van der Waals surface area contributed by atoms with Crippen LogP contribution in [0.25, 0.3) is 0 Å². The molecular formula is C40H62N6O7S. The van der Waals surface area contributed by atoms with Gasteiger partial charge < -0.3 is 35.5 Å². The third-order valence-corrected chi connectivity index (χ3v) is 11.7. The molecule has 1 aliphatic rings. The summed E-state index contributed by atoms with van der Waals surface area (Å²) < 4.78 is 10.8. The molecule has 4 N–H and O–H groups in total. The molecule has 1 aliphatic heterocycles. The number of likely N-dealkylation sites (tertiary alicyclic amines) is 1. The number of hydrogen-bond acceptors (Lipinski definition) is 12. The van der Waals surface area contributed by atoms with Crippen LogP contribution < -0.4 is 16.4 Å². The molecule has 0 bridgehead atoms. The number of likely N-dealkylation sites (N-methyl/N-ethyl adjacent to an activating group) is 2. The molecule has 2 amide bonds. The van der Waals surface area contributed by atoms with Gasteiger partial charge in [0.2, 0.25) is 5.91 Å². The molecular weight excluding hydrogens is 709 g/mol. The highest BCUT2D eigenvalue weighted by atomic mass is 32.1. The van der Waals surface area contributed by atoms with Crippen LogP contribution in [0.3, 0.4) is 0 Å². The van der Waals surface area contributed by atoms with Crippen LogP contribution in [-0.2, 0) is 35.1 Å². The summed E-state index contributed by atoms with van der Waals surface area (Å²) in [7, 11) is 5.21. The van der Waals surface area contributed by atoms with Gasteiger partial charge in [0.1, 0.15) is 22.5 Å². The van der Waals surface area contributed by atoms with E-state index in [-0.39, 0.29) is 48.0 Å². The fourth-order valence-electron chi connectivity index (χ4n) is 7.35. The summed E-state index contributed by atoms with van der Waals surface area (Å²) in [6.07, 6.45) is 4.69. The van der Waals surface area contributed by atoms with Crippen molar-refractivity contribution in [2.75, 3.05) is 40.0 Å². The molecule has 300 valence electrons. The third kappa shape index (κ3) is 12.3. The number of methoxy groups -OCH3 is 1. The second-order valence-electron chi connectivity index (χ2n) is 15.4. The lowest BCUT2D eigenvalue weighted by Crippen LogP contribution is -2.64. The van der Waals surface area contributed by atoms with E-state index in [0.717, 1.165) is 37.7 Å². The van der Waals surface area contributed by atoms with Gasteiger partial charge in [-0.2, -0.15) is 0 Å². The fraction of sp³-hybridized carbons (Fsp3) is 0.650. The van der Waals surface area contributed by atoms with Gasteiger partial charge in [-0.15, -0.1) is 11.3 Å². The third-order valence-electron chi connectivity index (χ3n) is 10.8. The summed E-state index contributed by atoms with van der Waals surface area (Å²) in [5.74, 6) is -1.96. The summed E-state index contributed by atoms with van der Waals surface area (Å²) in [5.41, 5.74) is 6.47. The predicted octanol–water partition coefficient (Wildman–Crippen LogP) is 4.80. The van der Waals surface area contributed by atoms with Gasteiger partial charge in [0.25, 0.3) is 5.91 Å². The monoisotopic (exact) mass is 770 g/mol. The fourth-order valence-corrected chi connectivity index (χ4v) is 8.19. The zero-order chi connectivity index (χ0) is 40.2. The Morgan fingerprint density at radius 2 is 1.81 bits per heavy atom. The average molecular weight is 771 g/mol. The van der Waals surface area contributed by atoms with Crippen LogP contribution in [0.5, 0.6) is 0 Å². The first-order chi connectivity index (χ1) is 25.5. The molecule has 54 heavy (non-hydrogen) atoms. The lowest BCUT2D eigenvalue weighted by molar-refractivity contribution is -0.148. The predicted molar refractivity (Wildman–Crippen MR) is 211 cm³/mol. The Morgan fingerprint density at radius 1 is 1.13 bits per heavy atom. The number of benzene rings is 1. The van der Waals surface area contributed by atoms with Gasteiger partial charge >= 0.3 is 11.9 Å². The topological polar surface area (TPSA) is 173 Å². The highest BCUT2D eigenvalue weighted by molar-refractivity contribution is 7.09. The Hall–Kier alpha value is -3.88. The maximum atomic E-state index is 13.6. The highest BCUT2D eigenvalue weighted by Gasteiger charge is 2.42. The van der Waals surface area contributed by atoms with Gasteiger partial charge in [0.15, 0.2) is 6.10 Å². The molecule has 2 aromatic rings. The first-order valence-corrected chi connectivity index (χ1v) is 20.0. The maximum absolute atomic E-state index is 13.6. The minimum absolute atomic E-state index is 0.0585. The zero-order valence-corrected chi connectivity index (χ0v) is 34.4. The largest absolute Gasteiger partial charge is 0.469 e. The van der Waals surface area contributed by atoms with E-state index in [9.17, 15) is 24.0 Å². The molecule has 0 saturated carbocycles. The zero-order valence-electron chi connectivity index (χ0n) is 33.6. The van der Waals surface area contributed by atoms with Crippen molar-refractivity contribution in [3.05, 3.63) is 45.9 Å². The molecule has 7 atom stereocenters. The molecule has 1 aromatic heterocycles. The van der Waals surface area contributed by atoms with Crippen LogP contribution in [0.4, 0.5) is 5.69 Å². The molecule has 1 saturated heterocycles. The summed E-state index contributed by atoms with van der Waals surface area (Å²) >= 11 is 1.23. The summed E-state index contributed by atoms with van der Waals surface area (Å²) in [6.45, 7) is 12.3. The van der Waals surface area contributed by atoms with Crippen molar-refractivity contribution in [2.24, 2.45) is 17.8 Å². The van der Waals surface area contributed by atoms with E-state index in [1.165, 1.54) is 25.4 Å². The smallest absolute Gasteiger partial charge is 0.308 e. The number of nitrogens with two attached hydrogens (primary N) is 1. The molecule has 0 radical (unpaired) electrons. The van der Waals surface area contributed by atoms with Gasteiger partial charge in [-0.25, -0.2) is 4.98 Å². The van der Waals surface area contributed by atoms with Gasteiger partial charge in [-0.1, -0.05) is 59.6 Å². The van der Waals surface area contributed by atoms with Crippen molar-refractivity contribution >= 4 is 47.1 Å². The van der Waals surface area contributed by atoms with Crippen LogP contribution in [-0.4, -0.2) is 103 Å². The summed E-state index contributed by atoms with van der Waals surface area (Å²) in [5, 5.41) is 8.33. The summed E-state index contributed by atoms with van der Waals surface area (Å²) in [4.78, 5) is 73.8. The van der Waals surface area contributed by atoms with Crippen molar-refractivity contribution in [3.8, 4) is 0 Å². The van der Waals surface area contributed by atoms with E-state index in [0.29, 0.717) is 36.4 Å². The Bertz CT molecular complexity index is 1550. The molecule has 1 aromatic carbocycles. The Balaban J connectivity index is 1.84. The molecule has 7 unspecified atom stereocenters. The number of piperidine rings is 1. The molecule has 2 heterocycles. The Labute approximate surface area is 325 Å². The number of carbonyl (C=O) groups excluding carboxylic acids is 5. The van der Waals surface area contributed by atoms with Crippen molar-refractivity contribution < 1.29 is 33.4 Å². The Morgan fingerprint density at radius 3 is 2.39 bits per heavy atom. The number of carbonyl (C=O) groups is 5. The number of esters is 2. The van der Waals surface area contributed by atoms with Crippen molar-refractivity contribution in [1.29, 1.82) is 0 Å². The van der Waals surface area contributed by atoms with Gasteiger partial charge in [0.05, 0.1) is 19.1 Å². The van der Waals surface area contributed by atoms with Crippen LogP contribution in [0.2, 0.25) is 0 Å². The highest BCUT2D eigenvalue weighted by Crippen LogP contribution is 2.32. The number of ether oxygens (including phenoxy) is 2. The molecule has 13 nitrogen and oxygen atoms in total. The number of nitrogen functional groups attached to an aromatic ring is 1. The second-order valence-corrected chi connectivity index (χ2v) is 16.2. The molecule has 0 spiro atoms. The molecule has 3 rings (SSSR count). The van der Waals surface area contributed by atoms with Crippen molar-refractivity contribution in [3.63, 3.8) is 0 Å². The number of aromatic nitrogens is 1. The van der Waals surface area contributed by atoms with E-state index in [4.69, 9.17) is 15.2 Å². The standard InChI is InChI=1S/C40H62N6O7S/c1-10-27(5)40(24-47,44-37(50)33-13-11-12-18-45(33)7)23-46(8)34(25(2)3)21-35(53-28(6)48)38-43-32(22-54-38)36(49)42-31(19-26(4)39(51)52-9)20-29-14-16-30(41)17-15-29/h14-17,22,24-27,31,33-35H,10-13,18-21,23,41H2,1-9H3,(H,42,49)(H,44,50). The lowest BCUT2D eigenvalue weighted by atomic mass is 9.82.